The molecule has 0 amide bonds. The molecule has 0 saturated carbocycles. The Kier molecular flexibility index (Phi) is 1.33. The molecule has 0 N–H and O–H groups in total. The van der Waals surface area contributed by atoms with Gasteiger partial charge in [-0.2, -0.15) is 0 Å². The van der Waals surface area contributed by atoms with Crippen molar-refractivity contribution in [3.05, 3.63) is 47.0 Å². The van der Waals surface area contributed by atoms with Gasteiger partial charge in [0.1, 0.15) is 0 Å². The standard InChI is InChI=1S/C14H8N2/c1-2-4-13-9(3-1)10-5-6-12-11(7-8-15-12)14(10)16-13/h1-8H. The van der Waals surface area contributed by atoms with Crippen LogP contribution in [0.2, 0.25) is 0 Å². The molecule has 0 aromatic heterocycles. The molecular weight excluding hydrogens is 196 g/mol. The van der Waals surface area contributed by atoms with E-state index in [2.05, 4.69) is 40.3 Å². The minimum atomic E-state index is 1.02. The van der Waals surface area contributed by atoms with Crippen LogP contribution in [0.4, 0.5) is 11.4 Å². The van der Waals surface area contributed by atoms with E-state index in [0.29, 0.717) is 0 Å². The van der Waals surface area contributed by atoms with Crippen molar-refractivity contribution >= 4 is 23.7 Å². The Morgan fingerprint density at radius 1 is 0.812 bits per heavy atom. The van der Waals surface area contributed by atoms with Gasteiger partial charge in [0.15, 0.2) is 0 Å². The van der Waals surface area contributed by atoms with Crippen LogP contribution >= 0.6 is 0 Å². The maximum Gasteiger partial charge on any atom is 0.0810 e. The summed E-state index contributed by atoms with van der Waals surface area (Å²) < 4.78 is 0. The summed E-state index contributed by atoms with van der Waals surface area (Å²) in [4.78, 5) is 8.97. The van der Waals surface area contributed by atoms with E-state index in [9.17, 15) is 0 Å². The van der Waals surface area contributed by atoms with Crippen molar-refractivity contribution in [1.82, 2.24) is 0 Å². The van der Waals surface area contributed by atoms with Gasteiger partial charge >= 0.3 is 0 Å². The first-order chi connectivity index (χ1) is 7.93. The molecule has 2 aromatic rings. The van der Waals surface area contributed by atoms with E-state index in [1.54, 1.807) is 0 Å². The molecule has 0 spiro atoms. The number of nitrogens with zero attached hydrogens (tertiary/aromatic N) is 2. The lowest BCUT2D eigenvalue weighted by molar-refractivity contribution is 1.36. The first kappa shape index (κ1) is 7.99. The van der Waals surface area contributed by atoms with E-state index in [1.165, 1.54) is 11.1 Å². The number of para-hydroxylation sites is 1. The van der Waals surface area contributed by atoms with Crippen molar-refractivity contribution in [2.75, 3.05) is 0 Å². The number of aliphatic imine (C=N–C) groups is 1. The second kappa shape index (κ2) is 2.67. The van der Waals surface area contributed by atoms with E-state index in [4.69, 9.17) is 0 Å². The maximum atomic E-state index is 4.68. The highest BCUT2D eigenvalue weighted by Crippen LogP contribution is 2.31. The van der Waals surface area contributed by atoms with Crippen molar-refractivity contribution in [3.63, 3.8) is 0 Å². The summed E-state index contributed by atoms with van der Waals surface area (Å²) in [6.45, 7) is 0. The van der Waals surface area contributed by atoms with Crippen LogP contribution in [0, 0.1) is 0 Å². The maximum absolute atomic E-state index is 4.68. The summed E-state index contributed by atoms with van der Waals surface area (Å²) >= 11 is 0. The lowest BCUT2D eigenvalue weighted by atomic mass is 10.0. The quantitative estimate of drug-likeness (QED) is 0.536. The number of rotatable bonds is 0. The molecule has 2 aliphatic heterocycles. The lowest BCUT2D eigenvalue weighted by Gasteiger charge is -1.98. The molecule has 4 rings (SSSR count). The van der Waals surface area contributed by atoms with Gasteiger partial charge in [0.25, 0.3) is 0 Å². The average Bonchev–Trinajstić information content (AvgIpc) is 2.92. The zero-order chi connectivity index (χ0) is 10.5. The van der Waals surface area contributed by atoms with Gasteiger partial charge in [0.05, 0.1) is 16.7 Å². The van der Waals surface area contributed by atoms with E-state index in [-0.39, 0.29) is 0 Å². The van der Waals surface area contributed by atoms with Crippen LogP contribution in [0.25, 0.3) is 17.2 Å². The van der Waals surface area contributed by atoms with Crippen LogP contribution < -0.4 is 10.6 Å². The first-order valence-electron chi connectivity index (χ1n) is 5.29. The molecule has 2 heterocycles. The Morgan fingerprint density at radius 2 is 1.75 bits per heavy atom. The molecule has 0 radical (unpaired) electrons. The zero-order valence-electron chi connectivity index (χ0n) is 8.51. The molecule has 16 heavy (non-hydrogen) atoms. The largest absolute Gasteiger partial charge is 0.256 e. The van der Waals surface area contributed by atoms with Crippen molar-refractivity contribution in [3.8, 4) is 11.1 Å². The Morgan fingerprint density at radius 3 is 2.75 bits per heavy atom. The molecule has 74 valence electrons. The third-order valence-electron chi connectivity index (χ3n) is 3.08. The molecule has 0 fully saturated rings. The Labute approximate surface area is 92.3 Å². The first-order valence-corrected chi connectivity index (χ1v) is 5.29. The van der Waals surface area contributed by atoms with Crippen molar-refractivity contribution in [2.24, 2.45) is 9.98 Å². The van der Waals surface area contributed by atoms with Gasteiger partial charge in [-0.15, -0.1) is 0 Å². The third kappa shape index (κ3) is 0.865. The van der Waals surface area contributed by atoms with Gasteiger partial charge < -0.3 is 0 Å². The van der Waals surface area contributed by atoms with E-state index < -0.39 is 0 Å². The Balaban J connectivity index is 2.21. The lowest BCUT2D eigenvalue weighted by Crippen LogP contribution is -2.23. The van der Waals surface area contributed by atoms with Crippen LogP contribution in [0.5, 0.6) is 0 Å². The zero-order valence-corrected chi connectivity index (χ0v) is 8.51. The van der Waals surface area contributed by atoms with Gasteiger partial charge in [-0.1, -0.05) is 18.2 Å². The fraction of sp³-hybridized carbons (Fsp3) is 0. The molecular formula is C14H8N2. The molecule has 0 aliphatic carbocycles. The predicted octanol–water partition coefficient (Wildman–Crippen LogP) is 2.11. The molecule has 2 heteroatoms. The summed E-state index contributed by atoms with van der Waals surface area (Å²) in [5, 5.41) is 2.21. The van der Waals surface area contributed by atoms with Crippen LogP contribution in [0.3, 0.4) is 0 Å². The highest BCUT2D eigenvalue weighted by atomic mass is 14.8. The minimum Gasteiger partial charge on any atom is -0.256 e. The molecule has 0 saturated heterocycles. The second-order valence-corrected chi connectivity index (χ2v) is 3.97. The van der Waals surface area contributed by atoms with Crippen LogP contribution in [0.1, 0.15) is 0 Å². The highest BCUT2D eigenvalue weighted by molar-refractivity contribution is 5.97. The van der Waals surface area contributed by atoms with E-state index in [1.807, 2.05) is 18.4 Å². The van der Waals surface area contributed by atoms with Gasteiger partial charge in [0, 0.05) is 22.6 Å². The summed E-state index contributed by atoms with van der Waals surface area (Å²) in [5.41, 5.74) is 4.53. The Bertz CT molecular complexity index is 755. The molecule has 2 nitrogen and oxygen atoms in total. The van der Waals surface area contributed by atoms with Crippen LogP contribution in [-0.2, 0) is 0 Å². The van der Waals surface area contributed by atoms with Crippen LogP contribution in [-0.4, -0.2) is 6.21 Å². The molecule has 2 aromatic carbocycles. The fourth-order valence-corrected chi connectivity index (χ4v) is 2.32. The van der Waals surface area contributed by atoms with Gasteiger partial charge in [-0.25, -0.2) is 4.99 Å². The summed E-state index contributed by atoms with van der Waals surface area (Å²) in [6.07, 6.45) is 3.87. The second-order valence-electron chi connectivity index (χ2n) is 3.97. The van der Waals surface area contributed by atoms with Crippen LogP contribution in [0.15, 0.2) is 46.4 Å². The molecule has 2 aliphatic rings. The van der Waals surface area contributed by atoms with Gasteiger partial charge in [-0.3, -0.25) is 4.99 Å². The molecule has 0 bridgehead atoms. The van der Waals surface area contributed by atoms with Gasteiger partial charge in [-0.05, 0) is 24.3 Å². The minimum absolute atomic E-state index is 1.02. The normalized spacial score (nSPS) is 13.8. The Hall–Kier alpha value is -2.22. The molecule has 0 unspecified atom stereocenters. The monoisotopic (exact) mass is 204 g/mol. The molecule has 0 atom stereocenters. The summed E-state index contributed by atoms with van der Waals surface area (Å²) in [7, 11) is 0. The number of fused-ring (bicyclic) bond motifs is 5. The predicted molar refractivity (Wildman–Crippen MR) is 64.9 cm³/mol. The van der Waals surface area contributed by atoms with E-state index >= 15 is 0 Å². The number of hydrogen-bond acceptors (Lipinski definition) is 2. The van der Waals surface area contributed by atoms with Gasteiger partial charge in [0.2, 0.25) is 0 Å². The summed E-state index contributed by atoms with van der Waals surface area (Å²) in [6, 6.07) is 12.4. The van der Waals surface area contributed by atoms with E-state index in [0.717, 1.165) is 22.0 Å². The van der Waals surface area contributed by atoms with Crippen molar-refractivity contribution in [1.29, 1.82) is 0 Å². The number of benzene rings is 2. The average molecular weight is 204 g/mol. The fourth-order valence-electron chi connectivity index (χ4n) is 2.32. The van der Waals surface area contributed by atoms with Crippen molar-refractivity contribution in [2.45, 2.75) is 0 Å². The topological polar surface area (TPSA) is 24.7 Å². The third-order valence-corrected chi connectivity index (χ3v) is 3.08. The summed E-state index contributed by atoms with van der Waals surface area (Å²) in [5.74, 6) is 0. The highest BCUT2D eigenvalue weighted by Gasteiger charge is 2.15. The SMILES string of the molecule is C1=Nc2ccc3c(c2=C1)=Nc1ccccc1-3. The number of hydrogen-bond donors (Lipinski definition) is 0. The van der Waals surface area contributed by atoms with Crippen molar-refractivity contribution < 1.29 is 0 Å². The smallest absolute Gasteiger partial charge is 0.0810 e.